The number of carboxylic acid groups (broad SMARTS) is 2. The molecule has 0 atom stereocenters. The largest absolute Gasteiger partial charge is 0.478 e. The molecule has 0 radical (unpaired) electrons. The van der Waals surface area contributed by atoms with Crippen molar-refractivity contribution >= 4 is 23.9 Å². The van der Waals surface area contributed by atoms with Crippen LogP contribution < -0.4 is 4.74 Å². The van der Waals surface area contributed by atoms with Gasteiger partial charge in [-0.2, -0.15) is 0 Å². The molecule has 30 heavy (non-hydrogen) atoms. The van der Waals surface area contributed by atoms with Crippen molar-refractivity contribution in [3.63, 3.8) is 0 Å². The van der Waals surface area contributed by atoms with Crippen molar-refractivity contribution in [1.82, 2.24) is 0 Å². The highest BCUT2D eigenvalue weighted by Gasteiger charge is 2.32. The molecule has 0 unspecified atom stereocenters. The number of carbonyl (C=O) groups is 4. The van der Waals surface area contributed by atoms with E-state index in [9.17, 15) is 24.3 Å². The van der Waals surface area contributed by atoms with E-state index in [1.54, 1.807) is 36.4 Å². The highest BCUT2D eigenvalue weighted by Crippen LogP contribution is 2.33. The topological polar surface area (TPSA) is 127 Å². The summed E-state index contributed by atoms with van der Waals surface area (Å²) in [6.45, 7) is 0. The van der Waals surface area contributed by atoms with Crippen LogP contribution in [0.1, 0.15) is 41.4 Å². The fraction of sp³-hybridized carbons (Fsp3) is 0. The summed E-state index contributed by atoms with van der Waals surface area (Å²) in [5.41, 5.74) is 0.862. The predicted molar refractivity (Wildman–Crippen MR) is 102 cm³/mol. The third kappa shape index (κ3) is 3.26. The van der Waals surface area contributed by atoms with Crippen LogP contribution in [0.5, 0.6) is 11.5 Å². The van der Waals surface area contributed by atoms with E-state index in [1.165, 1.54) is 12.1 Å². The van der Waals surface area contributed by atoms with E-state index in [0.29, 0.717) is 16.9 Å². The molecular formula is C22H12O8. The van der Waals surface area contributed by atoms with Crippen molar-refractivity contribution in [2.24, 2.45) is 0 Å². The Morgan fingerprint density at radius 3 is 2.03 bits per heavy atom. The maximum Gasteiger partial charge on any atom is 0.347 e. The first-order valence-electron chi connectivity index (χ1n) is 8.63. The Labute approximate surface area is 168 Å². The first-order valence-corrected chi connectivity index (χ1v) is 8.63. The van der Waals surface area contributed by atoms with Crippen LogP contribution in [-0.2, 0) is 4.74 Å². The third-order valence-electron chi connectivity index (χ3n) is 4.53. The quantitative estimate of drug-likeness (QED) is 0.485. The lowest BCUT2D eigenvalue weighted by Crippen LogP contribution is -2.07. The molecule has 0 bridgehead atoms. The standard InChI is InChI=1S/C22H12O8/c23-19(24)15-9-8-13(10-17(15)20(25)26)29-12-6-4-11(5-7-12)14-2-1-3-16-18(14)22(28)30-21(16)27/h1-10H,(H,23,24)(H,25,26). The lowest BCUT2D eigenvalue weighted by atomic mass is 9.96. The van der Waals surface area contributed by atoms with Crippen molar-refractivity contribution in [2.45, 2.75) is 0 Å². The van der Waals surface area contributed by atoms with Crippen molar-refractivity contribution in [3.8, 4) is 22.6 Å². The van der Waals surface area contributed by atoms with Gasteiger partial charge >= 0.3 is 23.9 Å². The predicted octanol–water partition coefficient (Wildman–Crippen LogP) is 3.85. The minimum absolute atomic E-state index is 0.153. The average Bonchev–Trinajstić information content (AvgIpc) is 3.02. The van der Waals surface area contributed by atoms with Crippen LogP contribution in [-0.4, -0.2) is 34.1 Å². The Morgan fingerprint density at radius 2 is 1.37 bits per heavy atom. The minimum Gasteiger partial charge on any atom is -0.478 e. The Bertz CT molecular complexity index is 1220. The number of aromatic carboxylic acids is 2. The Hall–Kier alpha value is -4.46. The van der Waals surface area contributed by atoms with Crippen LogP contribution >= 0.6 is 0 Å². The Kier molecular flexibility index (Phi) is 4.51. The van der Waals surface area contributed by atoms with Crippen LogP contribution in [0.3, 0.4) is 0 Å². The molecule has 0 spiro atoms. The van der Waals surface area contributed by atoms with E-state index < -0.39 is 23.9 Å². The molecule has 8 nitrogen and oxygen atoms in total. The molecule has 0 saturated carbocycles. The summed E-state index contributed by atoms with van der Waals surface area (Å²) in [7, 11) is 0. The van der Waals surface area contributed by atoms with Crippen LogP contribution in [0, 0.1) is 0 Å². The number of fused-ring (bicyclic) bond motifs is 1. The SMILES string of the molecule is O=C(O)c1ccc(Oc2ccc(-c3cccc4c3C(=O)OC4=O)cc2)cc1C(=O)O. The molecular weight excluding hydrogens is 392 g/mol. The van der Waals surface area contributed by atoms with Gasteiger partial charge < -0.3 is 19.7 Å². The first kappa shape index (κ1) is 18.9. The highest BCUT2D eigenvalue weighted by molar-refractivity contribution is 6.17. The van der Waals surface area contributed by atoms with Crippen LogP contribution in [0.15, 0.2) is 60.7 Å². The minimum atomic E-state index is -1.38. The van der Waals surface area contributed by atoms with Crippen LogP contribution in [0.2, 0.25) is 0 Å². The normalized spacial score (nSPS) is 12.3. The molecule has 0 aliphatic carbocycles. The van der Waals surface area contributed by atoms with Gasteiger partial charge in [0.25, 0.3) is 0 Å². The second-order valence-corrected chi connectivity index (χ2v) is 6.35. The average molecular weight is 404 g/mol. The Morgan fingerprint density at radius 1 is 0.733 bits per heavy atom. The summed E-state index contributed by atoms with van der Waals surface area (Å²) in [5.74, 6) is -3.60. The second kappa shape index (κ2) is 7.17. The van der Waals surface area contributed by atoms with E-state index in [4.69, 9.17) is 9.84 Å². The number of benzene rings is 3. The van der Waals surface area contributed by atoms with Gasteiger partial charge in [0.05, 0.1) is 22.3 Å². The highest BCUT2D eigenvalue weighted by atomic mass is 16.6. The number of ether oxygens (including phenoxy) is 2. The van der Waals surface area contributed by atoms with Gasteiger partial charge in [0.1, 0.15) is 11.5 Å². The van der Waals surface area contributed by atoms with Gasteiger partial charge in [-0.05, 0) is 47.5 Å². The molecule has 1 heterocycles. The van der Waals surface area contributed by atoms with Crippen molar-refractivity contribution in [2.75, 3.05) is 0 Å². The van der Waals surface area contributed by atoms with Crippen molar-refractivity contribution in [1.29, 1.82) is 0 Å². The zero-order chi connectivity index (χ0) is 21.4. The van der Waals surface area contributed by atoms with Gasteiger partial charge in [-0.25, -0.2) is 19.2 Å². The van der Waals surface area contributed by atoms with Gasteiger partial charge in [0.2, 0.25) is 0 Å². The van der Waals surface area contributed by atoms with E-state index in [0.717, 1.165) is 12.1 Å². The number of carboxylic acids is 2. The zero-order valence-corrected chi connectivity index (χ0v) is 15.1. The summed E-state index contributed by atoms with van der Waals surface area (Å²) in [5, 5.41) is 18.3. The number of cyclic esters (lactones) is 2. The lowest BCUT2D eigenvalue weighted by molar-refractivity contribution is 0.0443. The molecule has 148 valence electrons. The monoisotopic (exact) mass is 404 g/mol. The van der Waals surface area contributed by atoms with Gasteiger partial charge in [-0.15, -0.1) is 0 Å². The number of carbonyl (C=O) groups excluding carboxylic acids is 2. The number of hydrogen-bond acceptors (Lipinski definition) is 6. The fourth-order valence-electron chi connectivity index (χ4n) is 3.16. The van der Waals surface area contributed by atoms with Gasteiger partial charge in [0, 0.05) is 0 Å². The summed E-state index contributed by atoms with van der Waals surface area (Å²) in [4.78, 5) is 46.1. The van der Waals surface area contributed by atoms with E-state index >= 15 is 0 Å². The maximum atomic E-state index is 12.0. The van der Waals surface area contributed by atoms with E-state index in [-0.39, 0.29) is 28.0 Å². The van der Waals surface area contributed by atoms with Crippen LogP contribution in [0.4, 0.5) is 0 Å². The lowest BCUT2D eigenvalue weighted by Gasteiger charge is -2.10. The molecule has 3 aromatic rings. The zero-order valence-electron chi connectivity index (χ0n) is 15.1. The van der Waals surface area contributed by atoms with Gasteiger partial charge in [0.15, 0.2) is 0 Å². The maximum absolute atomic E-state index is 12.0. The summed E-state index contributed by atoms with van der Waals surface area (Å²) in [6, 6.07) is 15.0. The van der Waals surface area contributed by atoms with Gasteiger partial charge in [-0.1, -0.05) is 24.3 Å². The summed E-state index contributed by atoms with van der Waals surface area (Å²) >= 11 is 0. The molecule has 4 rings (SSSR count). The third-order valence-corrected chi connectivity index (χ3v) is 4.53. The van der Waals surface area contributed by atoms with E-state index in [1.807, 2.05) is 0 Å². The number of rotatable bonds is 5. The Balaban J connectivity index is 1.63. The summed E-state index contributed by atoms with van der Waals surface area (Å²) < 4.78 is 10.3. The molecule has 0 amide bonds. The molecule has 1 aliphatic rings. The van der Waals surface area contributed by atoms with Crippen molar-refractivity contribution in [3.05, 3.63) is 82.9 Å². The molecule has 0 aromatic heterocycles. The molecule has 0 saturated heterocycles. The van der Waals surface area contributed by atoms with Crippen LogP contribution in [0.25, 0.3) is 11.1 Å². The van der Waals surface area contributed by atoms with E-state index in [2.05, 4.69) is 4.74 Å². The van der Waals surface area contributed by atoms with Crippen molar-refractivity contribution < 1.29 is 38.9 Å². The molecule has 3 aromatic carbocycles. The molecule has 1 aliphatic heterocycles. The molecule has 2 N–H and O–H groups in total. The molecule has 8 heteroatoms. The number of hydrogen-bond donors (Lipinski definition) is 2. The van der Waals surface area contributed by atoms with Gasteiger partial charge in [-0.3, -0.25) is 0 Å². The second-order valence-electron chi connectivity index (χ2n) is 6.35. The first-order chi connectivity index (χ1) is 14.3. The molecule has 0 fully saturated rings. The smallest absolute Gasteiger partial charge is 0.347 e. The number of esters is 2. The summed E-state index contributed by atoms with van der Waals surface area (Å²) in [6.07, 6.45) is 0. The fourth-order valence-corrected chi connectivity index (χ4v) is 3.16.